The first kappa shape index (κ1) is 23.4. The van der Waals surface area contributed by atoms with Gasteiger partial charge in [-0.1, -0.05) is 35.4 Å². The third kappa shape index (κ3) is 7.55. The molecule has 0 saturated carbocycles. The maximum absolute atomic E-state index is 3.30. The maximum atomic E-state index is 3.30. The van der Waals surface area contributed by atoms with E-state index in [0.717, 1.165) is 12.8 Å². The number of rotatable bonds is 0. The van der Waals surface area contributed by atoms with E-state index in [-0.39, 0.29) is 31.0 Å². The molecule has 0 bridgehead atoms. The smallest absolute Gasteiger partial charge is 0.0253 e. The third-order valence-corrected chi connectivity index (χ3v) is 3.20. The molecular formula is C20H20Cl2SiTi-2. The van der Waals surface area contributed by atoms with Crippen molar-refractivity contribution < 1.29 is 44.0 Å². The van der Waals surface area contributed by atoms with Crippen molar-refractivity contribution in [1.82, 2.24) is 0 Å². The summed E-state index contributed by atoms with van der Waals surface area (Å²) in [6.07, 6.45) is 11.2. The zero-order valence-corrected chi connectivity index (χ0v) is 18.0. The van der Waals surface area contributed by atoms with E-state index in [4.69, 9.17) is 0 Å². The summed E-state index contributed by atoms with van der Waals surface area (Å²) in [4.78, 5) is 0. The van der Waals surface area contributed by atoms with Crippen molar-refractivity contribution in [1.29, 1.82) is 0 Å². The van der Waals surface area contributed by atoms with Gasteiger partial charge in [0.05, 0.1) is 0 Å². The molecule has 0 N–H and O–H groups in total. The van der Waals surface area contributed by atoms with Gasteiger partial charge in [-0.3, -0.25) is 6.08 Å². The van der Waals surface area contributed by atoms with Crippen LogP contribution in [0.5, 0.6) is 0 Å². The monoisotopic (exact) mass is 406 g/mol. The molecule has 2 aromatic rings. The summed E-state index contributed by atoms with van der Waals surface area (Å²) in [5, 5.41) is 0. The first-order valence-corrected chi connectivity index (χ1v) is 12.3. The Morgan fingerprint density at radius 3 is 2.25 bits per heavy atom. The second-order valence-corrected chi connectivity index (χ2v) is 12.1. The molecule has 0 spiro atoms. The van der Waals surface area contributed by atoms with E-state index in [1.165, 1.54) is 22.3 Å². The molecule has 24 heavy (non-hydrogen) atoms. The van der Waals surface area contributed by atoms with Gasteiger partial charge in [0.15, 0.2) is 0 Å². The topological polar surface area (TPSA) is 0 Å². The van der Waals surface area contributed by atoms with Crippen LogP contribution < -0.4 is 24.8 Å². The second-order valence-electron chi connectivity index (χ2n) is 5.40. The van der Waals surface area contributed by atoms with E-state index in [0.29, 0.717) is 0 Å². The Labute approximate surface area is 170 Å². The van der Waals surface area contributed by atoms with Crippen LogP contribution in [0.25, 0.3) is 11.1 Å². The minimum absolute atomic E-state index is 0. The molecule has 124 valence electrons. The van der Waals surface area contributed by atoms with Gasteiger partial charge in [-0.2, -0.15) is 35.9 Å². The van der Waals surface area contributed by atoms with Gasteiger partial charge in [-0.15, -0.1) is 12.0 Å². The third-order valence-electron chi connectivity index (χ3n) is 3.20. The average Bonchev–Trinajstić information content (AvgIpc) is 3.18. The fourth-order valence-electron chi connectivity index (χ4n) is 2.34. The Morgan fingerprint density at radius 2 is 1.67 bits per heavy atom. The van der Waals surface area contributed by atoms with Crippen molar-refractivity contribution >= 4 is 6.19 Å². The summed E-state index contributed by atoms with van der Waals surface area (Å²) in [5.41, 5.74) is 5.51. The van der Waals surface area contributed by atoms with Crippen LogP contribution in [0.3, 0.4) is 0 Å². The fourth-order valence-corrected chi connectivity index (χ4v) is 2.34. The molecule has 2 aromatic carbocycles. The van der Waals surface area contributed by atoms with E-state index in [2.05, 4.69) is 86.9 Å². The van der Waals surface area contributed by atoms with Crippen molar-refractivity contribution in [2.75, 3.05) is 0 Å². The Bertz CT molecular complexity index is 651. The number of hydrogen-bond donors (Lipinski definition) is 0. The van der Waals surface area contributed by atoms with Crippen molar-refractivity contribution in [3.05, 3.63) is 84.0 Å². The van der Waals surface area contributed by atoms with Crippen molar-refractivity contribution in [3.63, 3.8) is 0 Å². The molecule has 0 atom stereocenters. The van der Waals surface area contributed by atoms with Gasteiger partial charge < -0.3 is 24.8 Å². The Morgan fingerprint density at radius 1 is 1.00 bits per heavy atom. The van der Waals surface area contributed by atoms with Crippen LogP contribution in [0, 0.1) is 12.1 Å². The summed E-state index contributed by atoms with van der Waals surface area (Å²) in [7, 11) is 0. The molecule has 0 fully saturated rings. The van der Waals surface area contributed by atoms with Crippen molar-refractivity contribution in [3.8, 4) is 11.1 Å². The van der Waals surface area contributed by atoms with Crippen molar-refractivity contribution in [2.45, 2.75) is 25.9 Å². The van der Waals surface area contributed by atoms with E-state index in [9.17, 15) is 0 Å². The predicted octanol–water partition coefficient (Wildman–Crippen LogP) is -0.844. The largest absolute Gasteiger partial charge is 1.00 e. The standard InChI is InChI=1S/C13H9.C5H5.C2H6Si.2ClH.Ti/c1-3-7-12-10(5-1)9-11-6-2-4-8-13(11)12;1-2-4-5-3-1;1-3-2;;;/h1-5,7-8H,9H2;1-3H,4H2;1-2H3;2*1H;/q2*-1;;;;+2/p-2. The van der Waals surface area contributed by atoms with Crippen LogP contribution in [0.2, 0.25) is 13.1 Å². The molecule has 2 aliphatic carbocycles. The zero-order chi connectivity index (χ0) is 15.8. The normalized spacial score (nSPS) is 11.5. The van der Waals surface area contributed by atoms with E-state index >= 15 is 0 Å². The van der Waals surface area contributed by atoms with Crippen LogP contribution in [0.15, 0.2) is 60.7 Å². The average molecular weight is 407 g/mol. The molecule has 0 amide bonds. The van der Waals surface area contributed by atoms with Gasteiger partial charge in [-0.05, 0) is 6.42 Å². The summed E-state index contributed by atoms with van der Waals surface area (Å²) in [5.74, 6) is 0. The van der Waals surface area contributed by atoms with E-state index < -0.39 is 0 Å². The number of benzene rings is 2. The van der Waals surface area contributed by atoms with Gasteiger partial charge in [0.1, 0.15) is 0 Å². The Hall–Kier alpha value is -0.569. The number of hydrogen-bond acceptors (Lipinski definition) is 0. The van der Waals surface area contributed by atoms with Crippen LogP contribution >= 0.6 is 0 Å². The van der Waals surface area contributed by atoms with Gasteiger partial charge >= 0.3 is 38.5 Å². The molecule has 4 rings (SSSR count). The van der Waals surface area contributed by atoms with Crippen LogP contribution in [-0.2, 0) is 25.6 Å². The van der Waals surface area contributed by atoms with Gasteiger partial charge in [0.25, 0.3) is 0 Å². The molecule has 0 heterocycles. The molecule has 2 aliphatic rings. The Balaban J connectivity index is 0.000000409. The summed E-state index contributed by atoms with van der Waals surface area (Å²) >= 11 is 2.27. The molecule has 4 heteroatoms. The Kier molecular flexibility index (Phi) is 12.4. The van der Waals surface area contributed by atoms with Crippen LogP contribution in [0.1, 0.15) is 17.5 Å². The number of halogens is 2. The second kappa shape index (κ2) is 12.7. The molecule has 0 aliphatic heterocycles. The van der Waals surface area contributed by atoms with Gasteiger partial charge in [0.2, 0.25) is 0 Å². The fraction of sp³-hybridized carbons (Fsp3) is 0.200. The minimum Gasteiger partial charge on any atom is -1.00 e. The van der Waals surface area contributed by atoms with Gasteiger partial charge in [0, 0.05) is 0 Å². The summed E-state index contributed by atoms with van der Waals surface area (Å²) in [6.45, 7) is 4.54. The predicted molar refractivity (Wildman–Crippen MR) is 92.6 cm³/mol. The van der Waals surface area contributed by atoms with Crippen LogP contribution in [-0.4, -0.2) is 6.19 Å². The zero-order valence-electron chi connectivity index (χ0n) is 13.9. The molecule has 0 nitrogen and oxygen atoms in total. The van der Waals surface area contributed by atoms with Crippen LogP contribution in [0.4, 0.5) is 0 Å². The molecule has 0 unspecified atom stereocenters. The van der Waals surface area contributed by atoms with E-state index in [1.807, 2.05) is 18.2 Å². The number of allylic oxidation sites excluding steroid dienone is 4. The molecule has 0 radical (unpaired) electrons. The maximum Gasteiger partial charge on any atom is -0.0253 e. The molecular weight excluding hydrogens is 387 g/mol. The van der Waals surface area contributed by atoms with E-state index in [1.54, 1.807) is 0 Å². The first-order valence-electron chi connectivity index (χ1n) is 7.50. The molecule has 0 aromatic heterocycles. The van der Waals surface area contributed by atoms with Crippen molar-refractivity contribution in [2.24, 2.45) is 0 Å². The minimum atomic E-state index is 0. The molecule has 0 saturated heterocycles. The quantitative estimate of drug-likeness (QED) is 0.337. The SMILES string of the molecule is C[Si](C)=[Ti+2].[C-]1=CC=CC1.[Cl-].[Cl-].[c-]1cccc2c1Cc1ccccc1-2. The summed E-state index contributed by atoms with van der Waals surface area (Å²) < 4.78 is 0. The van der Waals surface area contributed by atoms with Gasteiger partial charge in [-0.25, -0.2) is 12.2 Å². The number of fused-ring (bicyclic) bond motifs is 3. The summed E-state index contributed by atoms with van der Waals surface area (Å²) in [6, 6.07) is 18.1. The first-order chi connectivity index (χ1) is 10.7.